The zero-order chi connectivity index (χ0) is 17.2. The summed E-state index contributed by atoms with van der Waals surface area (Å²) in [5.41, 5.74) is 6.28. The van der Waals surface area contributed by atoms with E-state index in [-0.39, 0.29) is 0 Å². The summed E-state index contributed by atoms with van der Waals surface area (Å²) < 4.78 is 2.06. The topological polar surface area (TPSA) is 41.1 Å². The van der Waals surface area contributed by atoms with Crippen LogP contribution in [0.25, 0.3) is 22.5 Å². The molecule has 0 fully saturated rings. The summed E-state index contributed by atoms with van der Waals surface area (Å²) in [6.45, 7) is 4.32. The molecule has 3 heteroatoms. The Hall–Kier alpha value is -3.64. The molecule has 2 aromatic heterocycles. The molecule has 118 valence electrons. The summed E-state index contributed by atoms with van der Waals surface area (Å²) >= 11 is 0. The largest absolute Gasteiger partial charge is 0.299 e. The first-order valence-corrected chi connectivity index (χ1v) is 8.00. The lowest BCUT2D eigenvalue weighted by molar-refractivity contribution is 1.16. The normalized spacial score (nSPS) is 10.5. The fraction of sp³-hybridized carbons (Fsp3) is 0. The number of nitrogens with zero attached hydrogens (tertiary/aromatic N) is 3. The van der Waals surface area contributed by atoms with Crippen molar-refractivity contribution in [3.05, 3.63) is 102 Å². The molecule has 0 amide bonds. The minimum Gasteiger partial charge on any atom is -0.299 e. The van der Waals surface area contributed by atoms with Crippen LogP contribution in [0.2, 0.25) is 0 Å². The Morgan fingerprint density at radius 3 is 2.36 bits per heavy atom. The van der Waals surface area contributed by atoms with E-state index < -0.39 is 0 Å². The maximum atomic E-state index is 9.02. The molecule has 0 spiro atoms. The Morgan fingerprint density at radius 1 is 0.920 bits per heavy atom. The van der Waals surface area contributed by atoms with Crippen LogP contribution >= 0.6 is 0 Å². The van der Waals surface area contributed by atoms with Crippen LogP contribution in [0.4, 0.5) is 0 Å². The molecule has 0 aliphatic heterocycles. The van der Waals surface area contributed by atoms with Crippen molar-refractivity contribution in [2.24, 2.45) is 0 Å². The summed E-state index contributed by atoms with van der Waals surface area (Å²) in [7, 11) is 0. The standard InChI is InChI=1S/C22H15N3/c1-16(18-7-3-2-4-8-18)22-21(19-12-10-17(15-23)11-13-19)24-20-9-5-6-14-25(20)22/h2-14H,1H2. The van der Waals surface area contributed by atoms with Gasteiger partial charge in [-0.2, -0.15) is 5.26 Å². The second-order valence-electron chi connectivity index (χ2n) is 5.77. The molecule has 2 aromatic carbocycles. The van der Waals surface area contributed by atoms with Crippen LogP contribution in [0.3, 0.4) is 0 Å². The van der Waals surface area contributed by atoms with Gasteiger partial charge in [0.25, 0.3) is 0 Å². The molecule has 0 N–H and O–H groups in total. The maximum Gasteiger partial charge on any atom is 0.137 e. The van der Waals surface area contributed by atoms with Crippen LogP contribution in [0.1, 0.15) is 16.8 Å². The van der Waals surface area contributed by atoms with Crippen LogP contribution < -0.4 is 0 Å². The molecule has 25 heavy (non-hydrogen) atoms. The number of hydrogen-bond acceptors (Lipinski definition) is 2. The van der Waals surface area contributed by atoms with E-state index in [4.69, 9.17) is 10.2 Å². The first-order chi connectivity index (χ1) is 12.3. The van der Waals surface area contributed by atoms with Gasteiger partial charge in [0.2, 0.25) is 0 Å². The van der Waals surface area contributed by atoms with Gasteiger partial charge in [-0.1, -0.05) is 55.1 Å². The van der Waals surface area contributed by atoms with Crippen molar-refractivity contribution in [3.8, 4) is 17.3 Å². The lowest BCUT2D eigenvalue weighted by Gasteiger charge is -2.09. The van der Waals surface area contributed by atoms with Crippen LogP contribution in [0.5, 0.6) is 0 Å². The summed E-state index contributed by atoms with van der Waals surface area (Å²) in [6, 6.07) is 25.7. The third-order valence-corrected chi connectivity index (χ3v) is 4.23. The molecule has 0 bridgehead atoms. The van der Waals surface area contributed by atoms with Gasteiger partial charge in [0.15, 0.2) is 0 Å². The Bertz CT molecular complexity index is 1100. The van der Waals surface area contributed by atoms with Gasteiger partial charge in [-0.3, -0.25) is 4.40 Å². The molecule has 2 heterocycles. The monoisotopic (exact) mass is 321 g/mol. The van der Waals surface area contributed by atoms with Gasteiger partial charge in [0.1, 0.15) is 5.65 Å². The highest BCUT2D eigenvalue weighted by molar-refractivity contribution is 5.86. The minimum atomic E-state index is 0.635. The highest BCUT2D eigenvalue weighted by Gasteiger charge is 2.17. The summed E-state index contributed by atoms with van der Waals surface area (Å²) in [6.07, 6.45) is 2.00. The van der Waals surface area contributed by atoms with E-state index in [1.807, 2.05) is 79.0 Å². The quantitative estimate of drug-likeness (QED) is 0.536. The molecule has 4 aromatic rings. The predicted molar refractivity (Wildman–Crippen MR) is 99.9 cm³/mol. The molecular weight excluding hydrogens is 306 g/mol. The van der Waals surface area contributed by atoms with Gasteiger partial charge in [0.05, 0.1) is 23.0 Å². The fourth-order valence-electron chi connectivity index (χ4n) is 2.96. The molecule has 0 saturated carbocycles. The Balaban J connectivity index is 1.95. The van der Waals surface area contributed by atoms with Crippen LogP contribution in [-0.4, -0.2) is 9.38 Å². The van der Waals surface area contributed by atoms with E-state index in [1.165, 1.54) is 0 Å². The van der Waals surface area contributed by atoms with Crippen molar-refractivity contribution in [1.82, 2.24) is 9.38 Å². The molecule has 0 atom stereocenters. The maximum absolute atomic E-state index is 9.02. The van der Waals surface area contributed by atoms with Crippen molar-refractivity contribution in [2.45, 2.75) is 0 Å². The number of fused-ring (bicyclic) bond motifs is 1. The van der Waals surface area contributed by atoms with Crippen molar-refractivity contribution in [1.29, 1.82) is 5.26 Å². The molecule has 0 radical (unpaired) electrons. The third kappa shape index (κ3) is 2.60. The molecule has 0 saturated heterocycles. The number of rotatable bonds is 3. The van der Waals surface area contributed by atoms with Crippen molar-refractivity contribution < 1.29 is 0 Å². The molecule has 4 rings (SSSR count). The summed E-state index contributed by atoms with van der Waals surface area (Å²) in [5.74, 6) is 0. The van der Waals surface area contributed by atoms with E-state index >= 15 is 0 Å². The van der Waals surface area contributed by atoms with Gasteiger partial charge >= 0.3 is 0 Å². The Kier molecular flexibility index (Phi) is 3.64. The van der Waals surface area contributed by atoms with Crippen molar-refractivity contribution in [3.63, 3.8) is 0 Å². The Labute approximate surface area is 146 Å². The fourth-order valence-corrected chi connectivity index (χ4v) is 2.96. The Morgan fingerprint density at radius 2 is 1.64 bits per heavy atom. The first-order valence-electron chi connectivity index (χ1n) is 8.00. The first kappa shape index (κ1) is 14.9. The molecule has 0 aliphatic rings. The SMILES string of the molecule is C=C(c1ccccc1)c1c(-c2ccc(C#N)cc2)nc2ccccn12. The van der Waals surface area contributed by atoms with Gasteiger partial charge < -0.3 is 0 Å². The van der Waals surface area contributed by atoms with E-state index in [9.17, 15) is 0 Å². The third-order valence-electron chi connectivity index (χ3n) is 4.23. The van der Waals surface area contributed by atoms with Gasteiger partial charge in [-0.15, -0.1) is 0 Å². The van der Waals surface area contributed by atoms with Gasteiger partial charge in [-0.05, 0) is 29.8 Å². The lowest BCUT2D eigenvalue weighted by atomic mass is 9.99. The second-order valence-corrected chi connectivity index (χ2v) is 5.77. The molecule has 0 aliphatic carbocycles. The highest BCUT2D eigenvalue weighted by atomic mass is 15.0. The summed E-state index contributed by atoms with van der Waals surface area (Å²) in [5, 5.41) is 9.02. The zero-order valence-electron chi connectivity index (χ0n) is 13.6. The zero-order valence-corrected chi connectivity index (χ0v) is 13.6. The number of imidazole rings is 1. The second kappa shape index (κ2) is 6.10. The lowest BCUT2D eigenvalue weighted by Crippen LogP contribution is -1.95. The number of benzene rings is 2. The number of hydrogen-bond donors (Lipinski definition) is 0. The van der Waals surface area contributed by atoms with Crippen LogP contribution in [0, 0.1) is 11.3 Å². The smallest absolute Gasteiger partial charge is 0.137 e. The predicted octanol–water partition coefficient (Wildman–Crippen LogP) is 4.93. The molecule has 0 unspecified atom stereocenters. The van der Waals surface area contributed by atoms with E-state index in [0.717, 1.165) is 33.7 Å². The van der Waals surface area contributed by atoms with Crippen molar-refractivity contribution in [2.75, 3.05) is 0 Å². The highest BCUT2D eigenvalue weighted by Crippen LogP contribution is 2.32. The van der Waals surface area contributed by atoms with Crippen LogP contribution in [-0.2, 0) is 0 Å². The summed E-state index contributed by atoms with van der Waals surface area (Å²) in [4.78, 5) is 4.80. The van der Waals surface area contributed by atoms with E-state index in [2.05, 4.69) is 17.0 Å². The van der Waals surface area contributed by atoms with E-state index in [0.29, 0.717) is 5.56 Å². The number of pyridine rings is 1. The van der Waals surface area contributed by atoms with E-state index in [1.54, 1.807) is 0 Å². The van der Waals surface area contributed by atoms with Gasteiger partial charge in [-0.25, -0.2) is 4.98 Å². The molecular formula is C22H15N3. The average molecular weight is 321 g/mol. The number of nitriles is 1. The average Bonchev–Trinajstić information content (AvgIpc) is 3.07. The van der Waals surface area contributed by atoms with Gasteiger partial charge in [0, 0.05) is 17.3 Å². The van der Waals surface area contributed by atoms with Crippen molar-refractivity contribution >= 4 is 11.2 Å². The van der Waals surface area contributed by atoms with Crippen LogP contribution in [0.15, 0.2) is 85.6 Å². The number of aromatic nitrogens is 2. The minimum absolute atomic E-state index is 0.635. The molecule has 3 nitrogen and oxygen atoms in total.